The molecule has 2 aliphatic heterocycles. The number of nitriles is 1. The predicted molar refractivity (Wildman–Crippen MR) is 66.2 cm³/mol. The number of nitrogens with zero attached hydrogens (tertiary/aromatic N) is 3. The summed E-state index contributed by atoms with van der Waals surface area (Å²) in [4.78, 5) is 0. The Labute approximate surface area is 115 Å². The monoisotopic (exact) mass is 280 g/mol. The maximum Gasteiger partial charge on any atom is 0.181 e. The number of aromatic nitrogens is 2. The van der Waals surface area contributed by atoms with Gasteiger partial charge in [0.05, 0.1) is 12.8 Å². The smallest absolute Gasteiger partial charge is 0.181 e. The molecule has 0 radical (unpaired) electrons. The van der Waals surface area contributed by atoms with Gasteiger partial charge in [0, 0.05) is 0 Å². The molecule has 0 aromatic carbocycles. The number of ether oxygens (including phenoxy) is 3. The number of nitrogens with two attached hydrogens (primary N) is 1. The van der Waals surface area contributed by atoms with Gasteiger partial charge in [-0.3, -0.25) is 0 Å². The minimum Gasteiger partial charge on any atom is -0.394 e. The van der Waals surface area contributed by atoms with Crippen LogP contribution in [0.2, 0.25) is 0 Å². The zero-order chi connectivity index (χ0) is 14.5. The molecule has 8 heteroatoms. The number of hydrogen-bond donors (Lipinski definition) is 2. The third kappa shape index (κ3) is 1.87. The van der Waals surface area contributed by atoms with E-state index in [1.165, 1.54) is 10.9 Å². The molecule has 2 saturated heterocycles. The zero-order valence-electron chi connectivity index (χ0n) is 11.2. The fourth-order valence-electron chi connectivity index (χ4n) is 2.66. The minimum atomic E-state index is -0.759. The highest BCUT2D eigenvalue weighted by Crippen LogP contribution is 2.43. The highest BCUT2D eigenvalue weighted by atomic mass is 16.8. The molecule has 0 spiro atoms. The van der Waals surface area contributed by atoms with Gasteiger partial charge in [-0.15, -0.1) is 0 Å². The molecule has 8 nitrogen and oxygen atoms in total. The Balaban J connectivity index is 1.94. The van der Waals surface area contributed by atoms with Gasteiger partial charge in [0.15, 0.2) is 12.0 Å². The Kier molecular flexibility index (Phi) is 2.95. The molecular formula is C12H16N4O4. The molecule has 0 amide bonds. The molecule has 108 valence electrons. The number of hydrogen-bond acceptors (Lipinski definition) is 7. The molecule has 2 aliphatic rings. The van der Waals surface area contributed by atoms with Crippen LogP contribution in [-0.2, 0) is 14.2 Å². The van der Waals surface area contributed by atoms with E-state index >= 15 is 0 Å². The molecule has 3 N–H and O–H groups in total. The topological polar surface area (TPSA) is 116 Å². The van der Waals surface area contributed by atoms with Crippen molar-refractivity contribution in [1.29, 1.82) is 5.26 Å². The Bertz CT molecular complexity index is 564. The average molecular weight is 280 g/mol. The van der Waals surface area contributed by atoms with Crippen LogP contribution in [0.5, 0.6) is 0 Å². The van der Waals surface area contributed by atoms with E-state index in [2.05, 4.69) is 5.10 Å². The summed E-state index contributed by atoms with van der Waals surface area (Å²) >= 11 is 0. The van der Waals surface area contributed by atoms with Crippen LogP contribution < -0.4 is 5.73 Å². The largest absolute Gasteiger partial charge is 0.394 e. The van der Waals surface area contributed by atoms with E-state index in [0.29, 0.717) is 0 Å². The average Bonchev–Trinajstić information content (AvgIpc) is 3.00. The summed E-state index contributed by atoms with van der Waals surface area (Å²) in [5.41, 5.74) is 6.14. The first-order valence-electron chi connectivity index (χ1n) is 6.32. The number of rotatable bonds is 2. The van der Waals surface area contributed by atoms with Gasteiger partial charge in [-0.2, -0.15) is 10.4 Å². The van der Waals surface area contributed by atoms with Crippen molar-refractivity contribution in [2.45, 2.75) is 44.2 Å². The van der Waals surface area contributed by atoms with Crippen LogP contribution in [0.3, 0.4) is 0 Å². The van der Waals surface area contributed by atoms with Crippen LogP contribution in [0.15, 0.2) is 6.20 Å². The van der Waals surface area contributed by atoms with Gasteiger partial charge in [-0.1, -0.05) is 0 Å². The lowest BCUT2D eigenvalue weighted by Crippen LogP contribution is -2.31. The number of anilines is 1. The minimum absolute atomic E-state index is 0.191. The van der Waals surface area contributed by atoms with Crippen molar-refractivity contribution < 1.29 is 19.3 Å². The van der Waals surface area contributed by atoms with E-state index in [-0.39, 0.29) is 18.0 Å². The van der Waals surface area contributed by atoms with Gasteiger partial charge in [-0.05, 0) is 13.8 Å². The van der Waals surface area contributed by atoms with E-state index in [1.54, 1.807) is 13.8 Å². The standard InChI is InChI=1S/C12H16N4O4/c1-12(2)19-8-7(5-17)18-11(9(8)20-12)16-10(14)6(3-13)4-15-16/h4,7-9,11,17H,5,14H2,1-2H3/t7-,8-,9-,11-/m1/s1. The summed E-state index contributed by atoms with van der Waals surface area (Å²) < 4.78 is 18.7. The molecule has 2 fully saturated rings. The number of nitrogen functional groups attached to an aromatic ring is 1. The van der Waals surface area contributed by atoms with Crippen molar-refractivity contribution in [2.75, 3.05) is 12.3 Å². The van der Waals surface area contributed by atoms with E-state index in [1.807, 2.05) is 6.07 Å². The lowest BCUT2D eigenvalue weighted by molar-refractivity contribution is -0.201. The predicted octanol–water partition coefficient (Wildman–Crippen LogP) is -0.253. The number of fused-ring (bicyclic) bond motifs is 1. The molecule has 0 saturated carbocycles. The third-order valence-electron chi connectivity index (χ3n) is 3.50. The second-order valence-corrected chi connectivity index (χ2v) is 5.31. The van der Waals surface area contributed by atoms with E-state index in [0.717, 1.165) is 0 Å². The molecule has 0 unspecified atom stereocenters. The summed E-state index contributed by atoms with van der Waals surface area (Å²) in [6.45, 7) is 3.40. The Morgan fingerprint density at radius 2 is 2.20 bits per heavy atom. The lowest BCUT2D eigenvalue weighted by Gasteiger charge is -2.24. The summed E-state index contributed by atoms with van der Waals surface area (Å²) in [6.07, 6.45) is -0.590. The summed E-state index contributed by atoms with van der Waals surface area (Å²) in [5, 5.41) is 22.4. The van der Waals surface area contributed by atoms with Crippen LogP contribution in [0.1, 0.15) is 25.6 Å². The van der Waals surface area contributed by atoms with Gasteiger partial charge in [0.1, 0.15) is 35.8 Å². The Morgan fingerprint density at radius 1 is 1.50 bits per heavy atom. The molecule has 0 bridgehead atoms. The van der Waals surface area contributed by atoms with Crippen LogP contribution >= 0.6 is 0 Å². The zero-order valence-corrected chi connectivity index (χ0v) is 11.2. The maximum absolute atomic E-state index is 9.39. The van der Waals surface area contributed by atoms with Gasteiger partial charge in [0.2, 0.25) is 0 Å². The molecular weight excluding hydrogens is 264 g/mol. The SMILES string of the molecule is CC1(C)O[C@@H]2[C@H](O1)[C@@H](CO)O[C@H]2n1ncc(C#N)c1N. The van der Waals surface area contributed by atoms with Crippen LogP contribution in [-0.4, -0.2) is 45.6 Å². The van der Waals surface area contributed by atoms with Crippen LogP contribution in [0.25, 0.3) is 0 Å². The van der Waals surface area contributed by atoms with Gasteiger partial charge in [0.25, 0.3) is 0 Å². The molecule has 4 atom stereocenters. The lowest BCUT2D eigenvalue weighted by atomic mass is 10.1. The van der Waals surface area contributed by atoms with Crippen molar-refractivity contribution in [3.63, 3.8) is 0 Å². The molecule has 3 rings (SSSR count). The molecule has 20 heavy (non-hydrogen) atoms. The fourth-order valence-corrected chi connectivity index (χ4v) is 2.66. The van der Waals surface area contributed by atoms with Crippen molar-refractivity contribution in [3.05, 3.63) is 11.8 Å². The fraction of sp³-hybridized carbons (Fsp3) is 0.667. The number of aliphatic hydroxyl groups excluding tert-OH is 1. The van der Waals surface area contributed by atoms with E-state index in [9.17, 15) is 5.11 Å². The second-order valence-electron chi connectivity index (χ2n) is 5.31. The van der Waals surface area contributed by atoms with Gasteiger partial charge in [-0.25, -0.2) is 4.68 Å². The Morgan fingerprint density at radius 3 is 2.80 bits per heavy atom. The normalized spacial score (nSPS) is 34.9. The number of aliphatic hydroxyl groups is 1. The summed E-state index contributed by atoms with van der Waals surface area (Å²) in [7, 11) is 0. The summed E-state index contributed by atoms with van der Waals surface area (Å²) in [5.74, 6) is -0.548. The quantitative estimate of drug-likeness (QED) is 0.767. The first-order chi connectivity index (χ1) is 9.46. The maximum atomic E-state index is 9.39. The van der Waals surface area contributed by atoms with E-state index in [4.69, 9.17) is 25.2 Å². The molecule has 1 aromatic rings. The molecule has 0 aliphatic carbocycles. The molecule has 1 aromatic heterocycles. The van der Waals surface area contributed by atoms with Crippen LogP contribution in [0.4, 0.5) is 5.82 Å². The highest BCUT2D eigenvalue weighted by molar-refractivity contribution is 5.47. The first-order valence-corrected chi connectivity index (χ1v) is 6.32. The first kappa shape index (κ1) is 13.3. The second kappa shape index (κ2) is 4.43. The van der Waals surface area contributed by atoms with Crippen molar-refractivity contribution in [2.24, 2.45) is 0 Å². The van der Waals surface area contributed by atoms with Gasteiger partial charge >= 0.3 is 0 Å². The van der Waals surface area contributed by atoms with Crippen molar-refractivity contribution in [3.8, 4) is 6.07 Å². The summed E-state index contributed by atoms with van der Waals surface area (Å²) in [6, 6.07) is 1.95. The Hall–Kier alpha value is -1.66. The third-order valence-corrected chi connectivity index (χ3v) is 3.50. The van der Waals surface area contributed by atoms with Gasteiger partial charge < -0.3 is 25.1 Å². The van der Waals surface area contributed by atoms with Crippen molar-refractivity contribution in [1.82, 2.24) is 9.78 Å². The highest BCUT2D eigenvalue weighted by Gasteiger charge is 2.56. The molecule has 3 heterocycles. The van der Waals surface area contributed by atoms with Crippen LogP contribution in [0, 0.1) is 11.3 Å². The van der Waals surface area contributed by atoms with E-state index < -0.39 is 30.3 Å². The van der Waals surface area contributed by atoms with Crippen molar-refractivity contribution >= 4 is 5.82 Å².